The second kappa shape index (κ2) is 10.2. The molecule has 0 fully saturated rings. The highest BCUT2D eigenvalue weighted by atomic mass is 16.3. The van der Waals surface area contributed by atoms with Gasteiger partial charge in [-0.15, -0.1) is 0 Å². The summed E-state index contributed by atoms with van der Waals surface area (Å²) in [5.74, 6) is 0. The molecule has 3 heterocycles. The number of furan rings is 1. The van der Waals surface area contributed by atoms with Crippen molar-refractivity contribution in [2.45, 2.75) is 0 Å². The summed E-state index contributed by atoms with van der Waals surface area (Å²) in [5.41, 5.74) is 10.0. The van der Waals surface area contributed by atoms with Crippen molar-refractivity contribution in [3.8, 4) is 28.6 Å². The lowest BCUT2D eigenvalue weighted by Gasteiger charge is -2.18. The maximum Gasteiger partial charge on any atom is 0.211 e. The van der Waals surface area contributed by atoms with Crippen LogP contribution in [0.5, 0.6) is 0 Å². The van der Waals surface area contributed by atoms with E-state index in [0.717, 1.165) is 82.4 Å². The predicted octanol–water partition coefficient (Wildman–Crippen LogP) is 11.9. The van der Waals surface area contributed by atoms with Gasteiger partial charge in [-0.05, 0) is 54.1 Å². The van der Waals surface area contributed by atoms with Gasteiger partial charge in [-0.2, -0.15) is 5.26 Å². The quantitative estimate of drug-likeness (QED) is 0.184. The third kappa shape index (κ3) is 3.73. The lowest BCUT2D eigenvalue weighted by molar-refractivity contribution is 0.669. The Bertz CT molecular complexity index is 3030. The standard InChI is InChI=1S/C44H24N4O/c1-46-35-23-21-28(26-45)41(44(35)48-37-18-7-2-13-30(37)31-14-3-8-19-38(31)48)27-11-10-12-29(25-27)47-36-17-6-4-15-32(36)33-22-24-40-42(43(33)47)34-16-5-9-20-39(34)49-40/h2-25H. The summed E-state index contributed by atoms with van der Waals surface area (Å²) in [6.07, 6.45) is 0. The van der Waals surface area contributed by atoms with Crippen LogP contribution in [-0.4, -0.2) is 9.13 Å². The minimum absolute atomic E-state index is 0.481. The molecule has 0 aliphatic heterocycles. The normalized spacial score (nSPS) is 11.6. The number of benzene rings is 7. The molecule has 0 aliphatic rings. The van der Waals surface area contributed by atoms with Crippen LogP contribution in [-0.2, 0) is 0 Å². The number of nitrogens with zero attached hydrogens (tertiary/aromatic N) is 4. The van der Waals surface area contributed by atoms with Crippen LogP contribution in [0, 0.1) is 17.9 Å². The van der Waals surface area contributed by atoms with Gasteiger partial charge < -0.3 is 13.6 Å². The molecule has 10 rings (SSSR count). The molecule has 10 aromatic rings. The molecule has 0 saturated heterocycles. The zero-order valence-corrected chi connectivity index (χ0v) is 26.1. The number of hydrogen-bond donors (Lipinski definition) is 0. The molecule has 0 N–H and O–H groups in total. The van der Waals surface area contributed by atoms with Crippen LogP contribution in [0.4, 0.5) is 5.69 Å². The second-order valence-electron chi connectivity index (χ2n) is 12.3. The molecule has 0 saturated carbocycles. The third-order valence-electron chi connectivity index (χ3n) is 9.77. The third-order valence-corrected chi connectivity index (χ3v) is 9.77. The van der Waals surface area contributed by atoms with E-state index in [9.17, 15) is 5.26 Å². The van der Waals surface area contributed by atoms with Crippen LogP contribution in [0.2, 0.25) is 0 Å². The molecular formula is C44H24N4O. The topological polar surface area (TPSA) is 51.1 Å². The van der Waals surface area contributed by atoms with Crippen molar-refractivity contribution >= 4 is 71.2 Å². The molecular weight excluding hydrogens is 601 g/mol. The van der Waals surface area contributed by atoms with Gasteiger partial charge in [-0.25, -0.2) is 4.85 Å². The summed E-state index contributed by atoms with van der Waals surface area (Å²) < 4.78 is 10.8. The van der Waals surface area contributed by atoms with Gasteiger partial charge in [0.05, 0.1) is 51.3 Å². The van der Waals surface area contributed by atoms with E-state index in [4.69, 9.17) is 11.0 Å². The monoisotopic (exact) mass is 624 g/mol. The molecule has 7 aromatic carbocycles. The fraction of sp³-hybridized carbons (Fsp3) is 0. The van der Waals surface area contributed by atoms with Crippen LogP contribution in [0.1, 0.15) is 5.56 Å². The minimum Gasteiger partial charge on any atom is -0.456 e. The average Bonchev–Trinajstić information content (AvgIpc) is 3.82. The molecule has 0 aliphatic carbocycles. The minimum atomic E-state index is 0.481. The van der Waals surface area contributed by atoms with Gasteiger partial charge in [0.1, 0.15) is 11.2 Å². The SMILES string of the molecule is [C-]#[N+]c1ccc(C#N)c(-c2cccc(-n3c4ccccc4c4ccc5oc6ccccc6c5c43)c2)c1-n1c2ccccc2c2ccccc21. The lowest BCUT2D eigenvalue weighted by atomic mass is 9.96. The van der Waals surface area contributed by atoms with Gasteiger partial charge in [0.2, 0.25) is 5.69 Å². The highest BCUT2D eigenvalue weighted by Crippen LogP contribution is 2.44. The van der Waals surface area contributed by atoms with Gasteiger partial charge >= 0.3 is 0 Å². The Morgan fingerprint density at radius 2 is 1.20 bits per heavy atom. The molecule has 5 heteroatoms. The molecule has 49 heavy (non-hydrogen) atoms. The Hall–Kier alpha value is -7.08. The Labute approximate surface area is 280 Å². The zero-order chi connectivity index (χ0) is 32.6. The first-order valence-electron chi connectivity index (χ1n) is 16.1. The number of fused-ring (bicyclic) bond motifs is 10. The molecule has 5 nitrogen and oxygen atoms in total. The van der Waals surface area contributed by atoms with Crippen LogP contribution < -0.4 is 0 Å². The summed E-state index contributed by atoms with van der Waals surface area (Å²) in [7, 11) is 0. The van der Waals surface area contributed by atoms with Gasteiger partial charge in [-0.3, -0.25) is 0 Å². The van der Waals surface area contributed by atoms with Crippen molar-refractivity contribution in [3.05, 3.63) is 163 Å². The molecule has 0 atom stereocenters. The first-order chi connectivity index (χ1) is 24.2. The van der Waals surface area contributed by atoms with E-state index in [2.05, 4.69) is 98.9 Å². The van der Waals surface area contributed by atoms with Crippen LogP contribution in [0.25, 0.3) is 92.9 Å². The van der Waals surface area contributed by atoms with Gasteiger partial charge in [0.15, 0.2) is 0 Å². The zero-order valence-electron chi connectivity index (χ0n) is 26.1. The number of rotatable bonds is 3. The van der Waals surface area contributed by atoms with Crippen LogP contribution >= 0.6 is 0 Å². The lowest BCUT2D eigenvalue weighted by Crippen LogP contribution is -2.01. The van der Waals surface area contributed by atoms with Gasteiger partial charge in [0, 0.05) is 38.2 Å². The molecule has 0 radical (unpaired) electrons. The van der Waals surface area contributed by atoms with Crippen LogP contribution in [0.3, 0.4) is 0 Å². The number of para-hydroxylation sites is 4. The van der Waals surface area contributed by atoms with E-state index in [1.54, 1.807) is 12.1 Å². The first kappa shape index (κ1) is 27.1. The first-order valence-corrected chi connectivity index (χ1v) is 16.1. The molecule has 0 amide bonds. The molecule has 226 valence electrons. The van der Waals surface area contributed by atoms with Crippen molar-refractivity contribution < 1.29 is 4.42 Å². The van der Waals surface area contributed by atoms with E-state index in [1.165, 1.54) is 0 Å². The van der Waals surface area contributed by atoms with Gasteiger partial charge in [-0.1, -0.05) is 97.1 Å². The average molecular weight is 625 g/mol. The van der Waals surface area contributed by atoms with Crippen molar-refractivity contribution in [1.29, 1.82) is 5.26 Å². The molecule has 3 aromatic heterocycles. The van der Waals surface area contributed by atoms with E-state index < -0.39 is 0 Å². The number of aromatic nitrogens is 2. The Balaban J connectivity index is 1.32. The highest BCUT2D eigenvalue weighted by Gasteiger charge is 2.23. The fourth-order valence-corrected chi connectivity index (χ4v) is 7.78. The van der Waals surface area contributed by atoms with Crippen molar-refractivity contribution in [2.24, 2.45) is 0 Å². The van der Waals surface area contributed by atoms with Crippen molar-refractivity contribution in [3.63, 3.8) is 0 Å². The summed E-state index contributed by atoms with van der Waals surface area (Å²) in [4.78, 5) is 4.02. The Morgan fingerprint density at radius 3 is 1.90 bits per heavy atom. The maximum absolute atomic E-state index is 10.6. The highest BCUT2D eigenvalue weighted by molar-refractivity contribution is 6.24. The maximum atomic E-state index is 10.6. The van der Waals surface area contributed by atoms with E-state index >= 15 is 0 Å². The predicted molar refractivity (Wildman–Crippen MR) is 199 cm³/mol. The fourth-order valence-electron chi connectivity index (χ4n) is 7.78. The van der Waals surface area contributed by atoms with Crippen LogP contribution in [0.15, 0.2) is 150 Å². The largest absolute Gasteiger partial charge is 0.456 e. The van der Waals surface area contributed by atoms with Gasteiger partial charge in [0.25, 0.3) is 0 Å². The summed E-state index contributed by atoms with van der Waals surface area (Å²) in [6, 6.07) is 51.7. The number of nitriles is 1. The smallest absolute Gasteiger partial charge is 0.211 e. The molecule has 0 spiro atoms. The van der Waals surface area contributed by atoms with E-state index in [0.29, 0.717) is 16.9 Å². The van der Waals surface area contributed by atoms with Crippen molar-refractivity contribution in [1.82, 2.24) is 9.13 Å². The summed E-state index contributed by atoms with van der Waals surface area (Å²) >= 11 is 0. The Morgan fingerprint density at radius 1 is 0.571 bits per heavy atom. The van der Waals surface area contributed by atoms with E-state index in [1.807, 2.05) is 54.6 Å². The molecule has 0 unspecified atom stereocenters. The second-order valence-corrected chi connectivity index (χ2v) is 12.3. The van der Waals surface area contributed by atoms with E-state index in [-0.39, 0.29) is 0 Å². The summed E-state index contributed by atoms with van der Waals surface area (Å²) in [5, 5.41) is 17.2. The van der Waals surface area contributed by atoms with Crippen molar-refractivity contribution in [2.75, 3.05) is 0 Å². The Kier molecular flexibility index (Phi) is 5.64. The molecule has 0 bridgehead atoms. The summed E-state index contributed by atoms with van der Waals surface area (Å²) in [6.45, 7) is 8.27. The number of hydrogen-bond acceptors (Lipinski definition) is 2.